The van der Waals surface area contributed by atoms with Crippen molar-refractivity contribution in [1.82, 2.24) is 0 Å². The molecule has 0 unspecified atom stereocenters. The van der Waals surface area contributed by atoms with Crippen LogP contribution in [0.25, 0.3) is 0 Å². The van der Waals surface area contributed by atoms with Crippen LogP contribution < -0.4 is 4.74 Å². The molecule has 17 heavy (non-hydrogen) atoms. The molecule has 0 fully saturated rings. The van der Waals surface area contributed by atoms with E-state index < -0.39 is 6.61 Å². The number of hydrogen-bond donors (Lipinski definition) is 0. The van der Waals surface area contributed by atoms with Gasteiger partial charge in [0.1, 0.15) is 5.75 Å². The Hall–Kier alpha value is -1.45. The molecule has 0 radical (unpaired) electrons. The van der Waals surface area contributed by atoms with Crippen LogP contribution in [0.3, 0.4) is 0 Å². The maximum Gasteiger partial charge on any atom is 0.387 e. The minimum Gasteiger partial charge on any atom is -0.435 e. The van der Waals surface area contributed by atoms with E-state index in [0.717, 1.165) is 0 Å². The molecule has 0 heterocycles. The fourth-order valence-corrected chi connectivity index (χ4v) is 1.43. The summed E-state index contributed by atoms with van der Waals surface area (Å²) in [6.45, 7) is 2.97. The van der Waals surface area contributed by atoms with Crippen LogP contribution in [0.5, 0.6) is 5.75 Å². The predicted octanol–water partition coefficient (Wildman–Crippen LogP) is 3.91. The van der Waals surface area contributed by atoms with Gasteiger partial charge in [0.2, 0.25) is 0 Å². The number of hydrogen-bond acceptors (Lipinski definition) is 2. The van der Waals surface area contributed by atoms with Crippen molar-refractivity contribution in [2.45, 2.75) is 33.8 Å². The van der Waals surface area contributed by atoms with Gasteiger partial charge in [0.05, 0.1) is 0 Å². The summed E-state index contributed by atoms with van der Waals surface area (Å²) in [5.41, 5.74) is 0.273. The summed E-state index contributed by atoms with van der Waals surface area (Å²) in [6.07, 6.45) is 0.366. The van der Waals surface area contributed by atoms with E-state index in [0.29, 0.717) is 12.0 Å². The molecule has 0 aliphatic heterocycles. The fourth-order valence-electron chi connectivity index (χ4n) is 1.43. The highest BCUT2D eigenvalue weighted by Crippen LogP contribution is 2.23. The second-order valence-corrected chi connectivity index (χ2v) is 5.07. The Labute approximate surface area is 99.6 Å². The second-order valence-electron chi connectivity index (χ2n) is 5.07. The first-order chi connectivity index (χ1) is 7.78. The Balaban J connectivity index is 2.81. The Morgan fingerprint density at radius 3 is 2.53 bits per heavy atom. The molecule has 2 nitrogen and oxygen atoms in total. The highest BCUT2D eigenvalue weighted by atomic mass is 19.3. The minimum atomic E-state index is -2.87. The lowest BCUT2D eigenvalue weighted by Crippen LogP contribution is -2.13. The van der Waals surface area contributed by atoms with E-state index in [-0.39, 0.29) is 16.9 Å². The number of Topliss-reactive ketones (excluding diaryl/α,β-unsaturated/α-hetero) is 1. The van der Waals surface area contributed by atoms with E-state index in [1.807, 2.05) is 20.8 Å². The van der Waals surface area contributed by atoms with E-state index in [2.05, 4.69) is 4.74 Å². The lowest BCUT2D eigenvalue weighted by Gasteiger charge is -2.16. The molecule has 0 aliphatic carbocycles. The first-order valence-corrected chi connectivity index (χ1v) is 5.36. The van der Waals surface area contributed by atoms with Crippen molar-refractivity contribution in [3.63, 3.8) is 0 Å². The van der Waals surface area contributed by atoms with Gasteiger partial charge in [0.15, 0.2) is 5.78 Å². The lowest BCUT2D eigenvalue weighted by atomic mass is 9.88. The third-order valence-corrected chi connectivity index (χ3v) is 2.07. The molecule has 0 atom stereocenters. The smallest absolute Gasteiger partial charge is 0.387 e. The van der Waals surface area contributed by atoms with Crippen molar-refractivity contribution >= 4 is 5.78 Å². The zero-order chi connectivity index (χ0) is 13.1. The van der Waals surface area contributed by atoms with E-state index >= 15 is 0 Å². The van der Waals surface area contributed by atoms with Gasteiger partial charge < -0.3 is 4.74 Å². The normalized spacial score (nSPS) is 11.6. The van der Waals surface area contributed by atoms with Gasteiger partial charge in [-0.3, -0.25) is 4.79 Å². The first kappa shape index (κ1) is 13.6. The number of ketones is 1. The fraction of sp³-hybridized carbons (Fsp3) is 0.462. The van der Waals surface area contributed by atoms with E-state index in [1.165, 1.54) is 18.2 Å². The maximum absolute atomic E-state index is 12.0. The van der Waals surface area contributed by atoms with Gasteiger partial charge in [-0.25, -0.2) is 0 Å². The van der Waals surface area contributed by atoms with Crippen LogP contribution in [0.4, 0.5) is 8.78 Å². The summed E-state index contributed by atoms with van der Waals surface area (Å²) >= 11 is 0. The predicted molar refractivity (Wildman–Crippen MR) is 61.5 cm³/mol. The number of ether oxygens (including phenoxy) is 1. The third-order valence-electron chi connectivity index (χ3n) is 2.07. The van der Waals surface area contributed by atoms with Crippen LogP contribution in [-0.4, -0.2) is 12.4 Å². The third kappa shape index (κ3) is 4.93. The summed E-state index contributed by atoms with van der Waals surface area (Å²) in [5.74, 6) is -0.0584. The highest BCUT2D eigenvalue weighted by molar-refractivity contribution is 5.96. The molecule has 0 saturated carbocycles. The van der Waals surface area contributed by atoms with Crippen molar-refractivity contribution in [2.75, 3.05) is 0 Å². The van der Waals surface area contributed by atoms with E-state index in [4.69, 9.17) is 0 Å². The topological polar surface area (TPSA) is 26.3 Å². The number of halogens is 2. The molecule has 1 aromatic carbocycles. The first-order valence-electron chi connectivity index (χ1n) is 5.36. The Morgan fingerprint density at radius 1 is 1.35 bits per heavy atom. The summed E-state index contributed by atoms with van der Waals surface area (Å²) < 4.78 is 28.3. The SMILES string of the molecule is CC(C)(C)CC(=O)c1cccc(OC(F)F)c1. The van der Waals surface area contributed by atoms with Crippen molar-refractivity contribution in [3.05, 3.63) is 29.8 Å². The van der Waals surface area contributed by atoms with Gasteiger partial charge in [0, 0.05) is 12.0 Å². The lowest BCUT2D eigenvalue weighted by molar-refractivity contribution is -0.0498. The van der Waals surface area contributed by atoms with Crippen LogP contribution in [0.2, 0.25) is 0 Å². The van der Waals surface area contributed by atoms with E-state index in [1.54, 1.807) is 6.07 Å². The number of carbonyl (C=O) groups is 1. The Morgan fingerprint density at radius 2 is 2.00 bits per heavy atom. The molecule has 0 spiro atoms. The largest absolute Gasteiger partial charge is 0.435 e. The molecule has 1 rings (SSSR count). The number of benzene rings is 1. The molecular formula is C13H16F2O2. The summed E-state index contributed by atoms with van der Waals surface area (Å²) in [5, 5.41) is 0. The van der Waals surface area contributed by atoms with Crippen molar-refractivity contribution < 1.29 is 18.3 Å². The number of alkyl halides is 2. The Bertz CT molecular complexity index is 395. The molecule has 0 bridgehead atoms. The molecule has 0 saturated heterocycles. The molecule has 94 valence electrons. The quantitative estimate of drug-likeness (QED) is 0.748. The van der Waals surface area contributed by atoms with E-state index in [9.17, 15) is 13.6 Å². The van der Waals surface area contributed by atoms with Crippen molar-refractivity contribution in [1.29, 1.82) is 0 Å². The van der Waals surface area contributed by atoms with Gasteiger partial charge in [0.25, 0.3) is 0 Å². The molecule has 1 aromatic rings. The van der Waals surface area contributed by atoms with Crippen LogP contribution >= 0.6 is 0 Å². The van der Waals surface area contributed by atoms with Gasteiger partial charge in [-0.1, -0.05) is 32.9 Å². The van der Waals surface area contributed by atoms with Crippen LogP contribution in [0.1, 0.15) is 37.6 Å². The average molecular weight is 242 g/mol. The number of rotatable bonds is 4. The molecule has 0 N–H and O–H groups in total. The maximum atomic E-state index is 12.0. The summed E-state index contributed by atoms with van der Waals surface area (Å²) in [6, 6.07) is 5.89. The van der Waals surface area contributed by atoms with Gasteiger partial charge in [-0.15, -0.1) is 0 Å². The average Bonchev–Trinajstić information content (AvgIpc) is 2.14. The van der Waals surface area contributed by atoms with Gasteiger partial charge in [-0.05, 0) is 17.5 Å². The molecule has 0 aliphatic rings. The Kier molecular flexibility index (Phi) is 4.21. The van der Waals surface area contributed by atoms with Gasteiger partial charge >= 0.3 is 6.61 Å². The van der Waals surface area contributed by atoms with Crippen LogP contribution in [0.15, 0.2) is 24.3 Å². The molecule has 0 aromatic heterocycles. The molecule has 4 heteroatoms. The highest BCUT2D eigenvalue weighted by Gasteiger charge is 2.17. The zero-order valence-electron chi connectivity index (χ0n) is 10.2. The van der Waals surface area contributed by atoms with Crippen molar-refractivity contribution in [2.24, 2.45) is 5.41 Å². The van der Waals surface area contributed by atoms with Crippen LogP contribution in [0, 0.1) is 5.41 Å². The van der Waals surface area contributed by atoms with Crippen molar-refractivity contribution in [3.8, 4) is 5.75 Å². The minimum absolute atomic E-state index is 0.0137. The zero-order valence-corrected chi connectivity index (χ0v) is 10.2. The standard InChI is InChI=1S/C13H16F2O2/c1-13(2,3)8-11(16)9-5-4-6-10(7-9)17-12(14)15/h4-7,12H,8H2,1-3H3. The molecular weight excluding hydrogens is 226 g/mol. The summed E-state index contributed by atoms with van der Waals surface area (Å²) in [4.78, 5) is 11.9. The number of carbonyl (C=O) groups excluding carboxylic acids is 1. The monoisotopic (exact) mass is 242 g/mol. The second kappa shape index (κ2) is 5.25. The summed E-state index contributed by atoms with van der Waals surface area (Å²) in [7, 11) is 0. The van der Waals surface area contributed by atoms with Crippen LogP contribution in [-0.2, 0) is 0 Å². The van der Waals surface area contributed by atoms with Gasteiger partial charge in [-0.2, -0.15) is 8.78 Å². The molecule has 0 amide bonds.